The van der Waals surface area contributed by atoms with Crippen molar-refractivity contribution in [1.29, 1.82) is 0 Å². The molecule has 0 radical (unpaired) electrons. The molecule has 3 heterocycles. The summed E-state index contributed by atoms with van der Waals surface area (Å²) < 4.78 is 44.5. The van der Waals surface area contributed by atoms with Crippen molar-refractivity contribution in [1.82, 2.24) is 15.2 Å². The topological polar surface area (TPSA) is 80.2 Å². The van der Waals surface area contributed by atoms with Gasteiger partial charge in [0.1, 0.15) is 11.4 Å². The minimum Gasteiger partial charge on any atom is -0.507 e. The van der Waals surface area contributed by atoms with Crippen molar-refractivity contribution in [2.75, 3.05) is 11.9 Å². The third-order valence-electron chi connectivity index (χ3n) is 5.20. The number of nitrogens with one attached hydrogen (secondary N) is 1. The van der Waals surface area contributed by atoms with E-state index in [0.717, 1.165) is 18.9 Å². The van der Waals surface area contributed by atoms with Gasteiger partial charge in [-0.15, -0.1) is 10.2 Å². The number of pyridine rings is 1. The third-order valence-corrected chi connectivity index (χ3v) is 5.20. The second-order valence-corrected chi connectivity index (χ2v) is 7.99. The Balaban J connectivity index is 1.73. The highest BCUT2D eigenvalue weighted by Gasteiger charge is 2.32. The predicted molar refractivity (Wildman–Crippen MR) is 106 cm³/mol. The van der Waals surface area contributed by atoms with Gasteiger partial charge >= 0.3 is 6.18 Å². The number of hydrogen-bond acceptors (Lipinski definition) is 6. The lowest BCUT2D eigenvalue weighted by atomic mass is 9.94. The van der Waals surface area contributed by atoms with E-state index in [1.165, 1.54) is 6.07 Å². The Labute approximate surface area is 171 Å². The summed E-state index contributed by atoms with van der Waals surface area (Å²) in [6.45, 7) is 4.69. The summed E-state index contributed by atoms with van der Waals surface area (Å²) in [6, 6.07) is 4.66. The van der Waals surface area contributed by atoms with Gasteiger partial charge in [-0.3, -0.25) is 4.98 Å². The molecule has 1 aromatic carbocycles. The lowest BCUT2D eigenvalue weighted by Crippen LogP contribution is -2.40. The molecule has 2 aromatic heterocycles. The van der Waals surface area contributed by atoms with Crippen LogP contribution in [0.4, 0.5) is 19.0 Å². The summed E-state index contributed by atoms with van der Waals surface area (Å²) in [6.07, 6.45) is 0.253. The van der Waals surface area contributed by atoms with Crippen molar-refractivity contribution in [3.8, 4) is 17.0 Å². The number of phenols is 1. The van der Waals surface area contributed by atoms with Crippen LogP contribution < -0.4 is 5.32 Å². The minimum atomic E-state index is -4.54. The predicted octanol–water partition coefficient (Wildman–Crippen LogP) is 4.79. The molecule has 30 heavy (non-hydrogen) atoms. The normalized spacial score (nSPS) is 19.0. The molecule has 0 spiro atoms. The zero-order valence-electron chi connectivity index (χ0n) is 16.5. The SMILES string of the molecule is CC1(C)CC(Nc2nnc(-c3ccc(C(F)(F)F)cc3O)c3ccncc23)CCO1. The molecule has 158 valence electrons. The summed E-state index contributed by atoms with van der Waals surface area (Å²) >= 11 is 0. The number of halogens is 3. The lowest BCUT2D eigenvalue weighted by Gasteiger charge is -2.36. The first-order valence-electron chi connectivity index (χ1n) is 9.55. The zero-order valence-corrected chi connectivity index (χ0v) is 16.5. The van der Waals surface area contributed by atoms with Crippen molar-refractivity contribution in [2.45, 2.75) is 44.5 Å². The number of phenolic OH excluding ortho intramolecular Hbond substituents is 1. The second kappa shape index (κ2) is 7.39. The number of aromatic nitrogens is 3. The Morgan fingerprint density at radius 2 is 1.97 bits per heavy atom. The van der Waals surface area contributed by atoms with Gasteiger partial charge in [-0.1, -0.05) is 0 Å². The first kappa shape index (κ1) is 20.3. The highest BCUT2D eigenvalue weighted by molar-refractivity contribution is 6.00. The molecule has 3 aromatic rings. The number of ether oxygens (including phenoxy) is 1. The standard InChI is InChI=1S/C21H21F3N4O2/c1-20(2)10-13(6-8-30-20)26-19-16-11-25-7-5-14(16)18(27-28-19)15-4-3-12(9-17(15)29)21(22,23)24/h3-5,7,9,11,13,29H,6,8,10H2,1-2H3,(H,26,28). The van der Waals surface area contributed by atoms with Crippen LogP contribution in [0.15, 0.2) is 36.7 Å². The van der Waals surface area contributed by atoms with E-state index in [2.05, 4.69) is 20.5 Å². The van der Waals surface area contributed by atoms with Crippen LogP contribution in [0.3, 0.4) is 0 Å². The van der Waals surface area contributed by atoms with E-state index in [9.17, 15) is 18.3 Å². The van der Waals surface area contributed by atoms with E-state index in [4.69, 9.17) is 4.74 Å². The summed E-state index contributed by atoms with van der Waals surface area (Å²) in [7, 11) is 0. The molecular weight excluding hydrogens is 397 g/mol. The number of alkyl halides is 3. The third kappa shape index (κ3) is 4.02. The molecule has 4 rings (SSSR count). The van der Waals surface area contributed by atoms with Crippen LogP contribution in [0.1, 0.15) is 32.3 Å². The summed E-state index contributed by atoms with van der Waals surface area (Å²) in [5.74, 6) is 0.0278. The molecule has 0 aliphatic carbocycles. The van der Waals surface area contributed by atoms with Crippen LogP contribution in [0, 0.1) is 0 Å². The summed E-state index contributed by atoms with van der Waals surface area (Å²) in [5.41, 5.74) is -0.714. The molecule has 1 aliphatic rings. The zero-order chi connectivity index (χ0) is 21.5. The van der Waals surface area contributed by atoms with Crippen LogP contribution in [-0.2, 0) is 10.9 Å². The van der Waals surface area contributed by atoms with E-state index >= 15 is 0 Å². The van der Waals surface area contributed by atoms with E-state index in [1.54, 1.807) is 18.5 Å². The van der Waals surface area contributed by atoms with Crippen molar-refractivity contribution in [3.05, 3.63) is 42.2 Å². The Kier molecular flexibility index (Phi) is 5.01. The molecule has 0 amide bonds. The molecule has 1 aliphatic heterocycles. The first-order chi connectivity index (χ1) is 14.1. The summed E-state index contributed by atoms with van der Waals surface area (Å²) in [4.78, 5) is 4.16. The van der Waals surface area contributed by atoms with Crippen LogP contribution in [0.5, 0.6) is 5.75 Å². The van der Waals surface area contributed by atoms with Crippen molar-refractivity contribution in [3.63, 3.8) is 0 Å². The number of nitrogens with zero attached hydrogens (tertiary/aromatic N) is 3. The fourth-order valence-corrected chi connectivity index (χ4v) is 3.76. The Bertz CT molecular complexity index is 1090. The Hall–Kier alpha value is -2.94. The molecule has 1 atom stereocenters. The van der Waals surface area contributed by atoms with Gasteiger partial charge in [0.05, 0.1) is 11.2 Å². The summed E-state index contributed by atoms with van der Waals surface area (Å²) in [5, 5.41) is 23.4. The van der Waals surface area contributed by atoms with Crippen LogP contribution >= 0.6 is 0 Å². The number of benzene rings is 1. The van der Waals surface area contributed by atoms with Crippen LogP contribution in [-0.4, -0.2) is 38.5 Å². The Morgan fingerprint density at radius 3 is 2.67 bits per heavy atom. The molecular formula is C21H21F3N4O2. The quantitative estimate of drug-likeness (QED) is 0.637. The van der Waals surface area contributed by atoms with E-state index in [1.807, 2.05) is 13.8 Å². The highest BCUT2D eigenvalue weighted by atomic mass is 19.4. The average molecular weight is 418 g/mol. The molecule has 0 saturated carbocycles. The van der Waals surface area contributed by atoms with Gasteiger partial charge in [-0.25, -0.2) is 0 Å². The van der Waals surface area contributed by atoms with Gasteiger partial charge in [-0.2, -0.15) is 13.2 Å². The maximum absolute atomic E-state index is 12.9. The highest BCUT2D eigenvalue weighted by Crippen LogP contribution is 2.38. The minimum absolute atomic E-state index is 0.136. The van der Waals surface area contributed by atoms with Gasteiger partial charge in [-0.05, 0) is 51.0 Å². The van der Waals surface area contributed by atoms with Gasteiger partial charge < -0.3 is 15.2 Å². The maximum atomic E-state index is 12.9. The maximum Gasteiger partial charge on any atom is 0.416 e. The fourth-order valence-electron chi connectivity index (χ4n) is 3.76. The monoisotopic (exact) mass is 418 g/mol. The van der Waals surface area contributed by atoms with Crippen LogP contribution in [0.25, 0.3) is 22.0 Å². The van der Waals surface area contributed by atoms with Gasteiger partial charge in [0.15, 0.2) is 5.82 Å². The molecule has 1 saturated heterocycles. The van der Waals surface area contributed by atoms with Gasteiger partial charge in [0.25, 0.3) is 0 Å². The lowest BCUT2D eigenvalue weighted by molar-refractivity contribution is -0.137. The van der Waals surface area contributed by atoms with Crippen molar-refractivity contribution in [2.24, 2.45) is 0 Å². The second-order valence-electron chi connectivity index (χ2n) is 7.99. The van der Waals surface area contributed by atoms with Crippen LogP contribution in [0.2, 0.25) is 0 Å². The molecule has 6 nitrogen and oxygen atoms in total. The first-order valence-corrected chi connectivity index (χ1v) is 9.55. The number of anilines is 1. The van der Waals surface area contributed by atoms with E-state index in [0.29, 0.717) is 29.3 Å². The smallest absolute Gasteiger partial charge is 0.416 e. The number of aromatic hydroxyl groups is 1. The molecule has 1 fully saturated rings. The van der Waals surface area contributed by atoms with E-state index in [-0.39, 0.29) is 22.9 Å². The number of rotatable bonds is 3. The molecule has 1 unspecified atom stereocenters. The molecule has 9 heteroatoms. The van der Waals surface area contributed by atoms with Crippen molar-refractivity contribution >= 4 is 16.6 Å². The molecule has 0 bridgehead atoms. The van der Waals surface area contributed by atoms with Crippen molar-refractivity contribution < 1.29 is 23.0 Å². The van der Waals surface area contributed by atoms with Gasteiger partial charge in [0, 0.05) is 41.4 Å². The fraction of sp³-hybridized carbons (Fsp3) is 0.381. The molecule has 2 N–H and O–H groups in total. The average Bonchev–Trinajstić information content (AvgIpc) is 2.67. The van der Waals surface area contributed by atoms with E-state index < -0.39 is 17.5 Å². The largest absolute Gasteiger partial charge is 0.507 e. The Morgan fingerprint density at radius 1 is 1.17 bits per heavy atom. The number of fused-ring (bicyclic) bond motifs is 1. The number of hydrogen-bond donors (Lipinski definition) is 2. The van der Waals surface area contributed by atoms with Gasteiger partial charge in [0.2, 0.25) is 0 Å².